The van der Waals surface area contributed by atoms with Crippen molar-refractivity contribution in [2.24, 2.45) is 11.7 Å². The van der Waals surface area contributed by atoms with Gasteiger partial charge in [-0.15, -0.1) is 0 Å². The van der Waals surface area contributed by atoms with Gasteiger partial charge in [0.25, 0.3) is 0 Å². The van der Waals surface area contributed by atoms with E-state index in [1.807, 2.05) is 17.5 Å². The van der Waals surface area contributed by atoms with Gasteiger partial charge in [-0.1, -0.05) is 0 Å². The molecule has 3 N–H and O–H groups in total. The molecular weight excluding hydrogens is 354 g/mol. The van der Waals surface area contributed by atoms with Crippen molar-refractivity contribution in [3.63, 3.8) is 0 Å². The molecule has 2 aliphatic rings. The molecule has 0 bridgehead atoms. The van der Waals surface area contributed by atoms with E-state index in [0.29, 0.717) is 6.54 Å². The van der Waals surface area contributed by atoms with E-state index in [-0.39, 0.29) is 17.9 Å². The predicted octanol–water partition coefficient (Wildman–Crippen LogP) is 0.440. The van der Waals surface area contributed by atoms with E-state index in [1.54, 1.807) is 6.20 Å². The maximum absolute atomic E-state index is 12.4. The highest BCUT2D eigenvalue weighted by Crippen LogP contribution is 2.32. The van der Waals surface area contributed by atoms with Crippen molar-refractivity contribution in [3.05, 3.63) is 23.5 Å². The fourth-order valence-electron chi connectivity index (χ4n) is 4.10. The number of rotatable bonds is 6. The summed E-state index contributed by atoms with van der Waals surface area (Å²) in [5.41, 5.74) is 9.12. The Labute approximate surface area is 166 Å². The van der Waals surface area contributed by atoms with Crippen molar-refractivity contribution in [2.75, 3.05) is 44.7 Å². The number of aromatic nitrogens is 3. The number of likely N-dealkylation sites (N-methyl/N-ethyl adjacent to an activating group) is 1. The van der Waals surface area contributed by atoms with E-state index >= 15 is 0 Å². The quantitative estimate of drug-likeness (QED) is 0.701. The van der Waals surface area contributed by atoms with Crippen LogP contribution in [0.1, 0.15) is 31.0 Å². The van der Waals surface area contributed by atoms with Crippen molar-refractivity contribution >= 4 is 17.4 Å². The lowest BCUT2D eigenvalue weighted by atomic mass is 9.97. The Balaban J connectivity index is 1.46. The molecule has 0 radical (unpaired) electrons. The fraction of sp³-hybridized carbons (Fsp3) is 0.650. The average Bonchev–Trinajstić information content (AvgIpc) is 3.00. The highest BCUT2D eigenvalue weighted by atomic mass is 16.2. The van der Waals surface area contributed by atoms with Crippen molar-refractivity contribution in [3.8, 4) is 0 Å². The normalized spacial score (nSPS) is 19.2. The maximum atomic E-state index is 12.4. The Bertz CT molecular complexity index is 840. The number of carbonyl (C=O) groups excluding carboxylic acids is 1. The zero-order valence-corrected chi connectivity index (χ0v) is 16.9. The smallest absolute Gasteiger partial charge is 0.226 e. The molecule has 2 aliphatic heterocycles. The Morgan fingerprint density at radius 2 is 2.14 bits per heavy atom. The minimum atomic E-state index is 0.0400. The largest absolute Gasteiger partial charge is 0.356 e. The van der Waals surface area contributed by atoms with Crippen LogP contribution in [0, 0.1) is 5.92 Å². The fourth-order valence-corrected chi connectivity index (χ4v) is 4.10. The second kappa shape index (κ2) is 8.05. The highest BCUT2D eigenvalue weighted by molar-refractivity contribution is 5.82. The second-order valence-electron chi connectivity index (χ2n) is 8.28. The van der Waals surface area contributed by atoms with Crippen LogP contribution in [0.4, 0.5) is 5.82 Å². The first-order valence-corrected chi connectivity index (χ1v) is 10.3. The molecule has 1 fully saturated rings. The van der Waals surface area contributed by atoms with Gasteiger partial charge >= 0.3 is 0 Å². The van der Waals surface area contributed by atoms with E-state index in [4.69, 9.17) is 10.7 Å². The topological polar surface area (TPSA) is 91.8 Å². The maximum Gasteiger partial charge on any atom is 0.226 e. The molecule has 2 aromatic heterocycles. The van der Waals surface area contributed by atoms with E-state index in [0.717, 1.165) is 63.3 Å². The van der Waals surface area contributed by atoms with Crippen LogP contribution in [0.3, 0.4) is 0 Å². The van der Waals surface area contributed by atoms with Crippen LogP contribution < -0.4 is 16.0 Å². The summed E-state index contributed by atoms with van der Waals surface area (Å²) in [5.74, 6) is 1.32. The molecule has 8 nitrogen and oxygen atoms in total. The van der Waals surface area contributed by atoms with Gasteiger partial charge in [0.2, 0.25) is 5.91 Å². The van der Waals surface area contributed by atoms with Crippen LogP contribution in [0.5, 0.6) is 0 Å². The van der Waals surface area contributed by atoms with Crippen molar-refractivity contribution in [2.45, 2.75) is 38.6 Å². The Morgan fingerprint density at radius 3 is 2.93 bits per heavy atom. The molecule has 0 aromatic carbocycles. The highest BCUT2D eigenvalue weighted by Gasteiger charge is 2.36. The molecule has 152 valence electrons. The third-order valence-electron chi connectivity index (χ3n) is 5.85. The van der Waals surface area contributed by atoms with Crippen LogP contribution in [0.15, 0.2) is 12.3 Å². The molecule has 1 amide bonds. The first-order chi connectivity index (χ1) is 13.5. The summed E-state index contributed by atoms with van der Waals surface area (Å²) in [7, 11) is 2.16. The molecule has 1 atom stereocenters. The summed E-state index contributed by atoms with van der Waals surface area (Å²) in [6.07, 6.45) is 5.59. The van der Waals surface area contributed by atoms with Crippen LogP contribution in [0.2, 0.25) is 0 Å². The monoisotopic (exact) mass is 385 g/mol. The summed E-state index contributed by atoms with van der Waals surface area (Å²) in [4.78, 5) is 21.9. The number of hydrogen-bond donors (Lipinski definition) is 2. The third-order valence-corrected chi connectivity index (χ3v) is 5.85. The molecule has 0 aliphatic carbocycles. The van der Waals surface area contributed by atoms with E-state index in [9.17, 15) is 4.79 Å². The summed E-state index contributed by atoms with van der Waals surface area (Å²) in [5, 5.41) is 7.57. The first kappa shape index (κ1) is 19.1. The number of anilines is 1. The Kier molecular flexibility index (Phi) is 5.50. The van der Waals surface area contributed by atoms with Gasteiger partial charge in [-0.3, -0.25) is 4.79 Å². The lowest BCUT2D eigenvalue weighted by molar-refractivity contribution is -0.125. The number of nitrogens with zero attached hydrogens (tertiary/aromatic N) is 5. The van der Waals surface area contributed by atoms with Crippen molar-refractivity contribution in [1.82, 2.24) is 24.8 Å². The number of amides is 1. The molecule has 28 heavy (non-hydrogen) atoms. The van der Waals surface area contributed by atoms with Gasteiger partial charge in [0.15, 0.2) is 5.65 Å². The molecule has 2 aromatic rings. The molecular formula is C20H31N7O. The van der Waals surface area contributed by atoms with Gasteiger partial charge in [-0.05, 0) is 33.2 Å². The SMILES string of the molecule is CC(N)CCCNC(=O)C1CN(c2c3c(nc4ccnn24)CCN(C)CC3)C1. The van der Waals surface area contributed by atoms with Gasteiger partial charge in [-0.25, -0.2) is 4.98 Å². The number of nitrogens with two attached hydrogens (primary N) is 1. The molecule has 4 rings (SSSR count). The summed E-state index contributed by atoms with van der Waals surface area (Å²) >= 11 is 0. The third kappa shape index (κ3) is 3.84. The van der Waals surface area contributed by atoms with Crippen LogP contribution in [-0.2, 0) is 17.6 Å². The van der Waals surface area contributed by atoms with Gasteiger partial charge in [-0.2, -0.15) is 9.61 Å². The summed E-state index contributed by atoms with van der Waals surface area (Å²) < 4.78 is 1.95. The molecule has 1 saturated heterocycles. The molecule has 1 unspecified atom stereocenters. The second-order valence-corrected chi connectivity index (χ2v) is 8.28. The number of nitrogens with one attached hydrogen (secondary N) is 1. The number of hydrogen-bond acceptors (Lipinski definition) is 6. The van der Waals surface area contributed by atoms with E-state index in [2.05, 4.69) is 27.3 Å². The minimum Gasteiger partial charge on any atom is -0.356 e. The van der Waals surface area contributed by atoms with Crippen LogP contribution >= 0.6 is 0 Å². The zero-order chi connectivity index (χ0) is 19.7. The van der Waals surface area contributed by atoms with Crippen molar-refractivity contribution in [1.29, 1.82) is 0 Å². The predicted molar refractivity (Wildman–Crippen MR) is 109 cm³/mol. The van der Waals surface area contributed by atoms with Gasteiger partial charge in [0.05, 0.1) is 17.8 Å². The molecule has 0 saturated carbocycles. The standard InChI is InChI=1S/C20H31N7O/c1-14(21)4-3-8-22-19(28)15-12-26(13-15)20-16-6-10-25(2)11-7-17(16)24-18-5-9-23-27(18)20/h5,9,14-15H,3-4,6-8,10-13,21H2,1-2H3,(H,22,28). The zero-order valence-electron chi connectivity index (χ0n) is 16.9. The van der Waals surface area contributed by atoms with Crippen LogP contribution in [0.25, 0.3) is 5.65 Å². The van der Waals surface area contributed by atoms with Gasteiger partial charge in [0, 0.05) is 56.8 Å². The lowest BCUT2D eigenvalue weighted by Gasteiger charge is -2.41. The summed E-state index contributed by atoms with van der Waals surface area (Å²) in [6, 6.07) is 2.15. The number of carbonyl (C=O) groups is 1. The summed E-state index contributed by atoms with van der Waals surface area (Å²) in [6.45, 7) is 6.22. The minimum absolute atomic E-state index is 0.0400. The molecule has 0 spiro atoms. The molecule has 8 heteroatoms. The van der Waals surface area contributed by atoms with Crippen molar-refractivity contribution < 1.29 is 4.79 Å². The van der Waals surface area contributed by atoms with E-state index < -0.39 is 0 Å². The Hall–Kier alpha value is -2.19. The van der Waals surface area contributed by atoms with Gasteiger partial charge < -0.3 is 20.9 Å². The average molecular weight is 386 g/mol. The lowest BCUT2D eigenvalue weighted by Crippen LogP contribution is -2.54. The number of fused-ring (bicyclic) bond motifs is 2. The Morgan fingerprint density at radius 1 is 1.36 bits per heavy atom. The first-order valence-electron chi connectivity index (χ1n) is 10.3. The van der Waals surface area contributed by atoms with Gasteiger partial charge in [0.1, 0.15) is 5.82 Å². The van der Waals surface area contributed by atoms with E-state index in [1.165, 1.54) is 11.3 Å². The molecule has 4 heterocycles. The van der Waals surface area contributed by atoms with Crippen LogP contribution in [-0.4, -0.2) is 71.2 Å².